The first kappa shape index (κ1) is 16.2. The van der Waals surface area contributed by atoms with E-state index < -0.39 is 0 Å². The number of thiazole rings is 1. The summed E-state index contributed by atoms with van der Waals surface area (Å²) in [6.07, 6.45) is 5.80. The van der Waals surface area contributed by atoms with Crippen molar-refractivity contribution in [3.8, 4) is 21.9 Å². The lowest BCUT2D eigenvalue weighted by Crippen LogP contribution is -2.41. The fraction of sp³-hybridized carbons (Fsp3) is 0.471. The van der Waals surface area contributed by atoms with Crippen molar-refractivity contribution in [3.05, 3.63) is 29.4 Å². The Labute approximate surface area is 141 Å². The van der Waals surface area contributed by atoms with E-state index in [1.54, 1.807) is 25.6 Å². The number of hydrogen-bond donors (Lipinski definition) is 1. The van der Waals surface area contributed by atoms with E-state index in [1.807, 2.05) is 24.4 Å². The van der Waals surface area contributed by atoms with Crippen molar-refractivity contribution in [2.24, 2.45) is 0 Å². The molecule has 1 N–H and O–H groups in total. The van der Waals surface area contributed by atoms with Gasteiger partial charge in [0.15, 0.2) is 11.5 Å². The molecule has 6 heteroatoms. The van der Waals surface area contributed by atoms with Gasteiger partial charge in [-0.25, -0.2) is 15.4 Å². The lowest BCUT2D eigenvalue weighted by Gasteiger charge is -2.26. The average Bonchev–Trinajstić information content (AvgIpc) is 3.09. The first-order valence-electron chi connectivity index (χ1n) is 7.96. The summed E-state index contributed by atoms with van der Waals surface area (Å²) in [5, 5.41) is 3.38. The van der Waals surface area contributed by atoms with Gasteiger partial charge in [0.05, 0.1) is 25.6 Å². The summed E-state index contributed by atoms with van der Waals surface area (Å²) in [6.45, 7) is 3.03. The second kappa shape index (κ2) is 7.77. The standard InChI is InChI=1S/C17H23N3O2S/c1-21-14-8-6-7-13(17(14)22-2)15-11-18-16(23-15)12-19-20-9-4-3-5-10-20/h6-8,11,19H,3-5,9-10,12H2,1-2H3. The molecule has 124 valence electrons. The van der Waals surface area contributed by atoms with E-state index in [4.69, 9.17) is 9.47 Å². The third-order valence-corrected chi connectivity index (χ3v) is 5.06. The van der Waals surface area contributed by atoms with Crippen LogP contribution in [0.3, 0.4) is 0 Å². The molecule has 1 fully saturated rings. The van der Waals surface area contributed by atoms with Crippen LogP contribution in [0.4, 0.5) is 0 Å². The molecule has 1 aliphatic heterocycles. The topological polar surface area (TPSA) is 46.6 Å². The van der Waals surface area contributed by atoms with Crippen LogP contribution in [0.25, 0.3) is 10.4 Å². The van der Waals surface area contributed by atoms with Crippen molar-refractivity contribution in [1.29, 1.82) is 0 Å². The van der Waals surface area contributed by atoms with Gasteiger partial charge in [0.25, 0.3) is 0 Å². The van der Waals surface area contributed by atoms with E-state index >= 15 is 0 Å². The minimum atomic E-state index is 0.742. The Morgan fingerprint density at radius 2 is 2.00 bits per heavy atom. The predicted octanol–water partition coefficient (Wildman–Crippen LogP) is 3.32. The molecule has 0 aliphatic carbocycles. The number of piperidine rings is 1. The van der Waals surface area contributed by atoms with Crippen molar-refractivity contribution < 1.29 is 9.47 Å². The van der Waals surface area contributed by atoms with E-state index in [1.165, 1.54) is 19.3 Å². The summed E-state index contributed by atoms with van der Waals surface area (Å²) in [6, 6.07) is 5.92. The highest BCUT2D eigenvalue weighted by Gasteiger charge is 2.15. The van der Waals surface area contributed by atoms with Crippen LogP contribution in [0, 0.1) is 0 Å². The molecule has 5 nitrogen and oxygen atoms in total. The Morgan fingerprint density at radius 3 is 2.74 bits per heavy atom. The smallest absolute Gasteiger partial charge is 0.169 e. The predicted molar refractivity (Wildman–Crippen MR) is 92.9 cm³/mol. The molecule has 1 saturated heterocycles. The quantitative estimate of drug-likeness (QED) is 0.879. The third-order valence-electron chi connectivity index (χ3n) is 4.03. The largest absolute Gasteiger partial charge is 0.493 e. The van der Waals surface area contributed by atoms with Gasteiger partial charge in [-0.2, -0.15) is 0 Å². The highest BCUT2D eigenvalue weighted by molar-refractivity contribution is 7.15. The Balaban J connectivity index is 1.71. The minimum absolute atomic E-state index is 0.742. The maximum Gasteiger partial charge on any atom is 0.169 e. The number of methoxy groups -OCH3 is 2. The summed E-state index contributed by atoms with van der Waals surface area (Å²) in [5.74, 6) is 1.50. The van der Waals surface area contributed by atoms with Gasteiger partial charge in [-0.15, -0.1) is 11.3 Å². The fourth-order valence-corrected chi connectivity index (χ4v) is 3.70. The van der Waals surface area contributed by atoms with Crippen molar-refractivity contribution in [1.82, 2.24) is 15.4 Å². The van der Waals surface area contributed by atoms with Crippen molar-refractivity contribution in [3.63, 3.8) is 0 Å². The van der Waals surface area contributed by atoms with Gasteiger partial charge in [-0.05, 0) is 25.0 Å². The number of hydrogen-bond acceptors (Lipinski definition) is 6. The molecule has 3 rings (SSSR count). The molecule has 0 amide bonds. The molecular formula is C17H23N3O2S. The zero-order valence-corrected chi connectivity index (χ0v) is 14.5. The van der Waals surface area contributed by atoms with Crippen molar-refractivity contribution >= 4 is 11.3 Å². The van der Waals surface area contributed by atoms with Gasteiger partial charge in [0, 0.05) is 24.8 Å². The number of nitrogens with one attached hydrogen (secondary N) is 1. The normalized spacial score (nSPS) is 15.6. The molecule has 1 aromatic carbocycles. The van der Waals surface area contributed by atoms with E-state index in [-0.39, 0.29) is 0 Å². The van der Waals surface area contributed by atoms with Crippen LogP contribution in [-0.2, 0) is 6.54 Å². The Morgan fingerprint density at radius 1 is 1.17 bits per heavy atom. The maximum absolute atomic E-state index is 5.52. The molecule has 0 bridgehead atoms. The van der Waals surface area contributed by atoms with Gasteiger partial charge in [-0.3, -0.25) is 0 Å². The fourth-order valence-electron chi connectivity index (χ4n) is 2.83. The second-order valence-corrected chi connectivity index (χ2v) is 6.66. The van der Waals surface area contributed by atoms with E-state index in [2.05, 4.69) is 15.4 Å². The lowest BCUT2D eigenvalue weighted by atomic mass is 10.1. The van der Waals surface area contributed by atoms with Crippen LogP contribution in [0.5, 0.6) is 11.5 Å². The summed E-state index contributed by atoms with van der Waals surface area (Å²) < 4.78 is 10.9. The van der Waals surface area contributed by atoms with Crippen LogP contribution < -0.4 is 14.9 Å². The summed E-state index contributed by atoms with van der Waals surface area (Å²) in [7, 11) is 3.32. The summed E-state index contributed by atoms with van der Waals surface area (Å²) >= 11 is 1.69. The SMILES string of the molecule is COc1cccc(-c2cnc(CNN3CCCCC3)s2)c1OC. The third kappa shape index (κ3) is 3.83. The lowest BCUT2D eigenvalue weighted by molar-refractivity contribution is 0.151. The zero-order chi connectivity index (χ0) is 16.1. The molecular weight excluding hydrogens is 310 g/mol. The molecule has 0 saturated carbocycles. The molecule has 0 spiro atoms. The maximum atomic E-state index is 5.52. The van der Waals surface area contributed by atoms with Crippen LogP contribution in [0.2, 0.25) is 0 Å². The number of ether oxygens (including phenoxy) is 2. The zero-order valence-electron chi connectivity index (χ0n) is 13.7. The molecule has 0 radical (unpaired) electrons. The van der Waals surface area contributed by atoms with Gasteiger partial charge >= 0.3 is 0 Å². The van der Waals surface area contributed by atoms with Gasteiger partial charge in [0.1, 0.15) is 5.01 Å². The van der Waals surface area contributed by atoms with Crippen LogP contribution in [0.1, 0.15) is 24.3 Å². The average molecular weight is 333 g/mol. The first-order chi connectivity index (χ1) is 11.3. The number of nitrogens with zero attached hydrogens (tertiary/aromatic N) is 2. The molecule has 0 atom stereocenters. The Bertz CT molecular complexity index is 639. The molecule has 2 heterocycles. The van der Waals surface area contributed by atoms with E-state index in [9.17, 15) is 0 Å². The summed E-state index contributed by atoms with van der Waals surface area (Å²) in [5.41, 5.74) is 4.50. The number of hydrazine groups is 1. The first-order valence-corrected chi connectivity index (χ1v) is 8.78. The molecule has 1 aromatic heterocycles. The van der Waals surface area contributed by atoms with E-state index in [0.717, 1.165) is 46.6 Å². The number of benzene rings is 1. The Kier molecular flexibility index (Phi) is 5.48. The second-order valence-electron chi connectivity index (χ2n) is 5.54. The highest BCUT2D eigenvalue weighted by Crippen LogP contribution is 2.39. The molecule has 23 heavy (non-hydrogen) atoms. The van der Waals surface area contributed by atoms with Crippen molar-refractivity contribution in [2.45, 2.75) is 25.8 Å². The van der Waals surface area contributed by atoms with Gasteiger partial charge < -0.3 is 9.47 Å². The van der Waals surface area contributed by atoms with Crippen LogP contribution in [0.15, 0.2) is 24.4 Å². The van der Waals surface area contributed by atoms with E-state index in [0.29, 0.717) is 0 Å². The van der Waals surface area contributed by atoms with Gasteiger partial charge in [0.2, 0.25) is 0 Å². The number of aromatic nitrogens is 1. The summed E-state index contributed by atoms with van der Waals surface area (Å²) in [4.78, 5) is 5.63. The highest BCUT2D eigenvalue weighted by atomic mass is 32.1. The van der Waals surface area contributed by atoms with Crippen molar-refractivity contribution in [2.75, 3.05) is 27.3 Å². The molecule has 0 unspecified atom stereocenters. The molecule has 2 aromatic rings. The monoisotopic (exact) mass is 333 g/mol. The minimum Gasteiger partial charge on any atom is -0.493 e. The molecule has 1 aliphatic rings. The van der Waals surface area contributed by atoms with Gasteiger partial charge in [-0.1, -0.05) is 12.5 Å². The van der Waals surface area contributed by atoms with Crippen LogP contribution in [-0.4, -0.2) is 37.3 Å². The number of rotatable bonds is 6. The number of para-hydroxylation sites is 1. The van der Waals surface area contributed by atoms with Crippen LogP contribution >= 0.6 is 11.3 Å². The Hall–Kier alpha value is -1.63.